The fourth-order valence-corrected chi connectivity index (χ4v) is 1.41. The van der Waals surface area contributed by atoms with Crippen LogP contribution in [0.2, 0.25) is 0 Å². The second kappa shape index (κ2) is 6.58. The average molecular weight is 263 g/mol. The quantitative estimate of drug-likeness (QED) is 0.664. The summed E-state index contributed by atoms with van der Waals surface area (Å²) in [5.74, 6) is -1.26. The van der Waals surface area contributed by atoms with Crippen molar-refractivity contribution >= 4 is 17.6 Å². The maximum atomic E-state index is 11.6. The number of ether oxygens (including phenoxy) is 2. The van der Waals surface area contributed by atoms with Crippen LogP contribution in [0.4, 0.5) is 5.69 Å². The standard InChI is InChI=1S/C14H17NO4/c1-9-5-6-11(7-10(9)2)15-12(14(17)19-4)8-13(16)18-3/h5-8,15H,1-4H3/b12-8+. The van der Waals surface area contributed by atoms with Crippen molar-refractivity contribution in [3.8, 4) is 0 Å². The fraction of sp³-hybridized carbons (Fsp3) is 0.286. The highest BCUT2D eigenvalue weighted by Crippen LogP contribution is 2.16. The number of benzene rings is 1. The average Bonchev–Trinajstić information content (AvgIpc) is 2.41. The summed E-state index contributed by atoms with van der Waals surface area (Å²) in [5, 5.41) is 2.85. The van der Waals surface area contributed by atoms with Crippen LogP contribution in [0, 0.1) is 13.8 Å². The number of nitrogens with one attached hydrogen (secondary N) is 1. The lowest BCUT2D eigenvalue weighted by atomic mass is 10.1. The van der Waals surface area contributed by atoms with E-state index < -0.39 is 11.9 Å². The van der Waals surface area contributed by atoms with Crippen LogP contribution < -0.4 is 5.32 Å². The number of hydrogen-bond acceptors (Lipinski definition) is 5. The third kappa shape index (κ3) is 4.13. The molecule has 0 aromatic heterocycles. The lowest BCUT2D eigenvalue weighted by Gasteiger charge is -2.10. The lowest BCUT2D eigenvalue weighted by Crippen LogP contribution is -2.15. The highest BCUT2D eigenvalue weighted by molar-refractivity contribution is 5.98. The number of methoxy groups -OCH3 is 2. The largest absolute Gasteiger partial charge is 0.466 e. The molecule has 0 unspecified atom stereocenters. The number of carbonyl (C=O) groups excluding carboxylic acids is 2. The minimum Gasteiger partial charge on any atom is -0.466 e. The molecule has 5 nitrogen and oxygen atoms in total. The molecule has 0 aliphatic carbocycles. The van der Waals surface area contributed by atoms with Crippen molar-refractivity contribution < 1.29 is 19.1 Å². The van der Waals surface area contributed by atoms with Gasteiger partial charge in [0.1, 0.15) is 5.70 Å². The van der Waals surface area contributed by atoms with Crippen LogP contribution in [0.25, 0.3) is 0 Å². The van der Waals surface area contributed by atoms with Crippen LogP contribution in [0.3, 0.4) is 0 Å². The van der Waals surface area contributed by atoms with Gasteiger partial charge < -0.3 is 14.8 Å². The summed E-state index contributed by atoms with van der Waals surface area (Å²) < 4.78 is 9.10. The molecule has 19 heavy (non-hydrogen) atoms. The van der Waals surface area contributed by atoms with Crippen LogP contribution in [0.15, 0.2) is 30.0 Å². The first-order valence-corrected chi connectivity index (χ1v) is 5.70. The molecule has 0 aliphatic heterocycles. The minimum absolute atomic E-state index is 0.0256. The maximum absolute atomic E-state index is 11.6. The SMILES string of the molecule is COC(=O)/C=C(/Nc1ccc(C)c(C)c1)C(=O)OC. The Kier molecular flexibility index (Phi) is 5.11. The number of carbonyl (C=O) groups is 2. The molecular weight excluding hydrogens is 246 g/mol. The zero-order valence-electron chi connectivity index (χ0n) is 11.4. The Bertz CT molecular complexity index is 520. The third-order valence-electron chi connectivity index (χ3n) is 2.65. The maximum Gasteiger partial charge on any atom is 0.354 e. The molecule has 1 aromatic rings. The Balaban J connectivity index is 3.00. The lowest BCUT2D eigenvalue weighted by molar-refractivity contribution is -0.138. The summed E-state index contributed by atoms with van der Waals surface area (Å²) >= 11 is 0. The first-order valence-electron chi connectivity index (χ1n) is 5.70. The Morgan fingerprint density at radius 1 is 1.11 bits per heavy atom. The van der Waals surface area contributed by atoms with E-state index in [1.807, 2.05) is 32.0 Å². The molecule has 1 aromatic carbocycles. The fourth-order valence-electron chi connectivity index (χ4n) is 1.41. The van der Waals surface area contributed by atoms with Crippen LogP contribution in [-0.4, -0.2) is 26.2 Å². The Morgan fingerprint density at radius 3 is 2.32 bits per heavy atom. The van der Waals surface area contributed by atoms with Gasteiger partial charge in [0, 0.05) is 5.69 Å². The van der Waals surface area contributed by atoms with Gasteiger partial charge in [0.25, 0.3) is 0 Å². The number of hydrogen-bond donors (Lipinski definition) is 1. The molecule has 0 amide bonds. The molecule has 0 fully saturated rings. The highest BCUT2D eigenvalue weighted by atomic mass is 16.5. The van der Waals surface area contributed by atoms with E-state index in [9.17, 15) is 9.59 Å². The molecule has 0 bridgehead atoms. The van der Waals surface area contributed by atoms with Crippen molar-refractivity contribution in [3.63, 3.8) is 0 Å². The van der Waals surface area contributed by atoms with Gasteiger partial charge in [-0.1, -0.05) is 6.07 Å². The van der Waals surface area contributed by atoms with Gasteiger partial charge >= 0.3 is 11.9 Å². The molecule has 5 heteroatoms. The van der Waals surface area contributed by atoms with Crippen molar-refractivity contribution in [1.29, 1.82) is 0 Å². The summed E-state index contributed by atoms with van der Waals surface area (Å²) in [6.07, 6.45) is 1.06. The smallest absolute Gasteiger partial charge is 0.354 e. The molecule has 102 valence electrons. The Labute approximate surface area is 112 Å². The third-order valence-corrected chi connectivity index (χ3v) is 2.65. The van der Waals surface area contributed by atoms with Crippen molar-refractivity contribution in [2.24, 2.45) is 0 Å². The van der Waals surface area contributed by atoms with Gasteiger partial charge in [-0.15, -0.1) is 0 Å². The van der Waals surface area contributed by atoms with Gasteiger partial charge in [0.2, 0.25) is 0 Å². The normalized spacial score (nSPS) is 10.8. The molecular formula is C14H17NO4. The van der Waals surface area contributed by atoms with E-state index in [2.05, 4.69) is 14.8 Å². The van der Waals surface area contributed by atoms with Crippen molar-refractivity contribution in [3.05, 3.63) is 41.1 Å². The van der Waals surface area contributed by atoms with E-state index in [1.165, 1.54) is 14.2 Å². The van der Waals surface area contributed by atoms with Crippen LogP contribution in [0.5, 0.6) is 0 Å². The molecule has 0 saturated heterocycles. The van der Waals surface area contributed by atoms with Crippen molar-refractivity contribution in [1.82, 2.24) is 0 Å². The summed E-state index contributed by atoms with van der Waals surface area (Å²) in [4.78, 5) is 22.8. The summed E-state index contributed by atoms with van der Waals surface area (Å²) in [6.45, 7) is 3.95. The van der Waals surface area contributed by atoms with E-state index in [0.717, 1.165) is 17.2 Å². The molecule has 0 saturated carbocycles. The van der Waals surface area contributed by atoms with E-state index in [0.29, 0.717) is 5.69 Å². The minimum atomic E-state index is -0.636. The number of esters is 2. The zero-order chi connectivity index (χ0) is 14.4. The predicted molar refractivity (Wildman–Crippen MR) is 71.7 cm³/mol. The van der Waals surface area contributed by atoms with Crippen LogP contribution >= 0.6 is 0 Å². The van der Waals surface area contributed by atoms with Gasteiger partial charge in [-0.2, -0.15) is 0 Å². The van der Waals surface area contributed by atoms with E-state index >= 15 is 0 Å². The van der Waals surface area contributed by atoms with Gasteiger partial charge in [0.05, 0.1) is 20.3 Å². The highest BCUT2D eigenvalue weighted by Gasteiger charge is 2.12. The van der Waals surface area contributed by atoms with E-state index in [4.69, 9.17) is 0 Å². The second-order valence-corrected chi connectivity index (χ2v) is 4.00. The number of rotatable bonds is 4. The van der Waals surface area contributed by atoms with Gasteiger partial charge in [0.15, 0.2) is 0 Å². The molecule has 0 atom stereocenters. The predicted octanol–water partition coefficient (Wildman–Crippen LogP) is 1.95. The number of aryl methyl sites for hydroxylation is 2. The molecule has 0 radical (unpaired) electrons. The van der Waals surface area contributed by atoms with Crippen molar-refractivity contribution in [2.45, 2.75) is 13.8 Å². The second-order valence-electron chi connectivity index (χ2n) is 4.00. The topological polar surface area (TPSA) is 64.6 Å². The Hall–Kier alpha value is -2.30. The van der Waals surface area contributed by atoms with Gasteiger partial charge in [-0.05, 0) is 37.1 Å². The summed E-state index contributed by atoms with van der Waals surface area (Å²) in [5.41, 5.74) is 2.94. The van der Waals surface area contributed by atoms with Crippen LogP contribution in [0.1, 0.15) is 11.1 Å². The zero-order valence-corrected chi connectivity index (χ0v) is 11.4. The van der Waals surface area contributed by atoms with Gasteiger partial charge in [-0.3, -0.25) is 0 Å². The molecule has 0 heterocycles. The molecule has 0 aliphatic rings. The van der Waals surface area contributed by atoms with Crippen molar-refractivity contribution in [2.75, 3.05) is 19.5 Å². The molecule has 0 spiro atoms. The van der Waals surface area contributed by atoms with Crippen LogP contribution in [-0.2, 0) is 19.1 Å². The first-order chi connectivity index (χ1) is 8.97. The number of anilines is 1. The van der Waals surface area contributed by atoms with E-state index in [-0.39, 0.29) is 5.70 Å². The monoisotopic (exact) mass is 263 g/mol. The van der Waals surface area contributed by atoms with E-state index in [1.54, 1.807) is 0 Å². The molecule has 1 N–H and O–H groups in total. The first kappa shape index (κ1) is 14.8. The summed E-state index contributed by atoms with van der Waals surface area (Å²) in [6, 6.07) is 5.62. The Morgan fingerprint density at radius 2 is 1.79 bits per heavy atom. The summed E-state index contributed by atoms with van der Waals surface area (Å²) in [7, 11) is 2.49. The van der Waals surface area contributed by atoms with Gasteiger partial charge in [-0.25, -0.2) is 9.59 Å². The molecule has 1 rings (SSSR count).